The number of fused-ring (bicyclic) bond motifs is 2. The lowest BCUT2D eigenvalue weighted by atomic mass is 9.70. The first-order valence-electron chi connectivity index (χ1n) is 18.5. The second-order valence-corrected chi connectivity index (χ2v) is 16.1. The molecule has 0 saturated carbocycles. The number of aliphatic hydroxyl groups excluding tert-OH is 1. The molecule has 4 heterocycles. The molecule has 3 aliphatic rings. The number of hydrogen-bond donors (Lipinski definition) is 2. The number of amides is 3. The second-order valence-electron chi connectivity index (χ2n) is 14.9. The summed E-state index contributed by atoms with van der Waals surface area (Å²) >= 11 is 3.75. The smallest absolute Gasteiger partial charge is 0.313 e. The normalized spacial score (nSPS) is 26.0. The topological polar surface area (TPSA) is 156 Å². The number of allylic oxidation sites excluding steroid dienone is 1. The molecule has 3 aliphatic heterocycles. The summed E-state index contributed by atoms with van der Waals surface area (Å²) in [4.78, 5) is 60.0. The zero-order chi connectivity index (χ0) is 38.7. The Kier molecular flexibility index (Phi) is 12.0. The van der Waals surface area contributed by atoms with Crippen LogP contribution < -0.4 is 5.32 Å². The number of nitrogens with zero attached hydrogens (tertiary/aromatic N) is 5. The van der Waals surface area contributed by atoms with E-state index in [2.05, 4.69) is 44.7 Å². The zero-order valence-electron chi connectivity index (χ0n) is 30.9. The quantitative estimate of drug-likeness (QED) is 0.115. The highest BCUT2D eigenvalue weighted by atomic mass is 79.9. The van der Waals surface area contributed by atoms with Crippen LogP contribution in [0.1, 0.15) is 58.1 Å². The van der Waals surface area contributed by atoms with Crippen molar-refractivity contribution in [3.8, 4) is 0 Å². The number of aliphatic hydroxyl groups is 1. The van der Waals surface area contributed by atoms with Crippen molar-refractivity contribution >= 4 is 50.7 Å². The minimum absolute atomic E-state index is 0.0143. The summed E-state index contributed by atoms with van der Waals surface area (Å²) in [6.45, 7) is 13.1. The van der Waals surface area contributed by atoms with Gasteiger partial charge in [0, 0.05) is 17.8 Å². The minimum atomic E-state index is -1.41. The Morgan fingerprint density at radius 3 is 2.54 bits per heavy atom. The van der Waals surface area contributed by atoms with Gasteiger partial charge in [-0.25, -0.2) is 4.68 Å². The maximum atomic E-state index is 15.1. The summed E-state index contributed by atoms with van der Waals surface area (Å²) in [6.07, 6.45) is 3.03. The van der Waals surface area contributed by atoms with Crippen molar-refractivity contribution in [3.63, 3.8) is 0 Å². The van der Waals surface area contributed by atoms with Crippen LogP contribution in [0.15, 0.2) is 79.9 Å². The lowest BCUT2D eigenvalue weighted by Crippen LogP contribution is -2.59. The van der Waals surface area contributed by atoms with Gasteiger partial charge in [-0.05, 0) is 49.8 Å². The number of likely N-dealkylation sites (tertiary alicyclic amines) is 1. The van der Waals surface area contributed by atoms with Crippen LogP contribution in [0.5, 0.6) is 0 Å². The Hall–Kier alpha value is -4.40. The van der Waals surface area contributed by atoms with E-state index in [4.69, 9.17) is 9.47 Å². The molecule has 0 radical (unpaired) electrons. The van der Waals surface area contributed by atoms with Crippen LogP contribution >= 0.6 is 15.9 Å². The third-order valence-corrected chi connectivity index (χ3v) is 11.6. The highest BCUT2D eigenvalue weighted by molar-refractivity contribution is 9.09. The minimum Gasteiger partial charge on any atom is -0.455 e. The number of rotatable bonds is 17. The number of para-hydroxylation sites is 1. The van der Waals surface area contributed by atoms with E-state index in [1.54, 1.807) is 28.7 Å². The molecule has 1 unspecified atom stereocenters. The number of ether oxygens (including phenoxy) is 2. The van der Waals surface area contributed by atoms with E-state index in [1.165, 1.54) is 4.90 Å². The molecule has 3 aromatic rings. The average molecular weight is 806 g/mol. The van der Waals surface area contributed by atoms with E-state index in [9.17, 15) is 19.5 Å². The summed E-state index contributed by atoms with van der Waals surface area (Å²) in [5.41, 5.74) is 0.653. The lowest BCUT2D eigenvalue weighted by molar-refractivity contribution is -0.162. The Morgan fingerprint density at radius 2 is 1.85 bits per heavy atom. The summed E-state index contributed by atoms with van der Waals surface area (Å²) in [6, 6.07) is 14.0. The number of halogens is 1. The molecule has 2 bridgehead atoms. The van der Waals surface area contributed by atoms with E-state index >= 15 is 4.79 Å². The molecule has 2 aromatic carbocycles. The molecular formula is C40H49BrN6O7. The van der Waals surface area contributed by atoms with Crippen molar-refractivity contribution in [1.29, 1.82) is 0 Å². The van der Waals surface area contributed by atoms with Crippen LogP contribution in [-0.4, -0.2) is 101 Å². The Labute approximate surface area is 323 Å². The van der Waals surface area contributed by atoms with Gasteiger partial charge in [-0.1, -0.05) is 89.6 Å². The van der Waals surface area contributed by atoms with Gasteiger partial charge in [-0.15, -0.1) is 18.3 Å². The Morgan fingerprint density at radius 1 is 1.13 bits per heavy atom. The molecule has 3 fully saturated rings. The van der Waals surface area contributed by atoms with Gasteiger partial charge in [0.1, 0.15) is 29.9 Å². The molecule has 54 heavy (non-hydrogen) atoms. The van der Waals surface area contributed by atoms with Gasteiger partial charge in [-0.2, -0.15) is 0 Å². The summed E-state index contributed by atoms with van der Waals surface area (Å²) < 4.78 is 14.7. The van der Waals surface area contributed by atoms with E-state index < -0.39 is 65.6 Å². The maximum absolute atomic E-state index is 15.1. The van der Waals surface area contributed by atoms with Crippen molar-refractivity contribution < 1.29 is 33.8 Å². The summed E-state index contributed by atoms with van der Waals surface area (Å²) in [7, 11) is 0. The van der Waals surface area contributed by atoms with Crippen LogP contribution in [0, 0.1) is 17.8 Å². The molecule has 3 saturated heterocycles. The van der Waals surface area contributed by atoms with E-state index in [-0.39, 0.29) is 49.3 Å². The molecule has 14 heteroatoms. The molecule has 3 amide bonds. The SMILES string of the molecule is C=CCCC(=O)N[C@H](C)[C@@H](OC(=O)[C@@H]1[C@H]2O[C@@]3(CC2Br)[C@H](C(=O)N(CC=C)Cn2nnc4ccccc42)N([C@@H](CO)CC(C)C)C(=O)[C@@H]13)c1ccccc1. The fourth-order valence-corrected chi connectivity index (χ4v) is 9.44. The number of esters is 1. The number of alkyl halides is 1. The maximum Gasteiger partial charge on any atom is 0.313 e. The number of carbonyl (C=O) groups is 4. The zero-order valence-corrected chi connectivity index (χ0v) is 32.5. The number of nitrogens with one attached hydrogen (secondary N) is 1. The second kappa shape index (κ2) is 16.5. The van der Waals surface area contributed by atoms with E-state index in [0.29, 0.717) is 23.9 Å². The van der Waals surface area contributed by atoms with Crippen LogP contribution in [0.4, 0.5) is 0 Å². The predicted octanol–water partition coefficient (Wildman–Crippen LogP) is 4.31. The van der Waals surface area contributed by atoms with Crippen molar-refractivity contribution in [1.82, 2.24) is 30.1 Å². The standard InChI is InChI=1S/C40H49BrN6O7/c1-6-8-18-31(49)42-25(5)34(26-14-10-9-11-15-26)53-39(52)32-33-37(50)47(27(22-48)20-24(3)4)36(40(33)21-28(41)35(32)54-40)38(51)45(19-7-2)23-46-30-17-13-12-16-29(30)43-44-46/h6-7,9-17,24-25,27-28,32-36,48H,1-2,8,18-23H2,3-5H3,(H,42,49)/t25-,27-,28?,32+,33-,34-,35+,36+,40-/m1/s1. The molecule has 1 spiro atoms. The molecule has 13 nitrogen and oxygen atoms in total. The molecule has 288 valence electrons. The number of carbonyl (C=O) groups excluding carboxylic acids is 4. The van der Waals surface area contributed by atoms with Crippen LogP contribution in [-0.2, 0) is 35.3 Å². The van der Waals surface area contributed by atoms with Crippen LogP contribution in [0.25, 0.3) is 11.0 Å². The van der Waals surface area contributed by atoms with Gasteiger partial charge >= 0.3 is 5.97 Å². The van der Waals surface area contributed by atoms with Crippen LogP contribution in [0.3, 0.4) is 0 Å². The van der Waals surface area contributed by atoms with Gasteiger partial charge in [0.25, 0.3) is 0 Å². The fraction of sp³-hybridized carbons (Fsp3) is 0.500. The average Bonchev–Trinajstić information content (AvgIpc) is 3.88. The van der Waals surface area contributed by atoms with Crippen molar-refractivity contribution in [2.24, 2.45) is 17.8 Å². The number of hydrogen-bond acceptors (Lipinski definition) is 9. The molecular weight excluding hydrogens is 756 g/mol. The first-order valence-corrected chi connectivity index (χ1v) is 19.5. The van der Waals surface area contributed by atoms with Gasteiger partial charge < -0.3 is 29.7 Å². The van der Waals surface area contributed by atoms with Crippen molar-refractivity contribution in [2.75, 3.05) is 13.2 Å². The van der Waals surface area contributed by atoms with Gasteiger partial charge in [0.05, 0.1) is 42.1 Å². The third kappa shape index (κ3) is 7.35. The van der Waals surface area contributed by atoms with Gasteiger partial charge in [0.15, 0.2) is 0 Å². The summed E-state index contributed by atoms with van der Waals surface area (Å²) in [5, 5.41) is 22.3. The van der Waals surface area contributed by atoms with Gasteiger partial charge in [-0.3, -0.25) is 19.2 Å². The number of aromatic nitrogens is 3. The molecule has 9 atom stereocenters. The first-order chi connectivity index (χ1) is 25.9. The largest absolute Gasteiger partial charge is 0.455 e. The van der Waals surface area contributed by atoms with Crippen LogP contribution in [0.2, 0.25) is 0 Å². The lowest BCUT2D eigenvalue weighted by Gasteiger charge is -2.39. The monoisotopic (exact) mass is 804 g/mol. The molecule has 6 rings (SSSR count). The molecule has 2 N–H and O–H groups in total. The highest BCUT2D eigenvalue weighted by Gasteiger charge is 2.77. The van der Waals surface area contributed by atoms with Crippen molar-refractivity contribution in [3.05, 3.63) is 85.5 Å². The van der Waals surface area contributed by atoms with E-state index in [1.807, 2.05) is 68.4 Å². The summed E-state index contributed by atoms with van der Waals surface area (Å²) in [5.74, 6) is -3.80. The third-order valence-electron chi connectivity index (χ3n) is 10.8. The highest BCUT2D eigenvalue weighted by Crippen LogP contribution is 2.61. The fourth-order valence-electron chi connectivity index (χ4n) is 8.50. The van der Waals surface area contributed by atoms with Gasteiger partial charge in [0.2, 0.25) is 17.7 Å². The molecule has 0 aliphatic carbocycles. The first kappa shape index (κ1) is 39.3. The number of benzene rings is 2. The van der Waals surface area contributed by atoms with E-state index in [0.717, 1.165) is 5.52 Å². The molecule has 1 aromatic heterocycles. The Bertz CT molecular complexity index is 1870. The predicted molar refractivity (Wildman–Crippen MR) is 205 cm³/mol. The van der Waals surface area contributed by atoms with Crippen molar-refractivity contribution in [2.45, 2.75) is 93.9 Å². The Balaban J connectivity index is 1.37.